The van der Waals surface area contributed by atoms with Crippen molar-refractivity contribution in [3.63, 3.8) is 0 Å². The number of hydrogen-bond acceptors (Lipinski definition) is 8. The molecule has 0 spiro atoms. The van der Waals surface area contributed by atoms with Gasteiger partial charge in [-0.25, -0.2) is 4.79 Å². The molecule has 0 aliphatic carbocycles. The smallest absolute Gasteiger partial charge is 0.334 e. The van der Waals surface area contributed by atoms with Gasteiger partial charge in [0, 0.05) is 12.0 Å². The number of aliphatic hydroxyl groups excluding tert-OH is 4. The summed E-state index contributed by atoms with van der Waals surface area (Å²) < 4.78 is 17.6. The second-order valence-corrected chi connectivity index (χ2v) is 14.2. The average molecular weight is 639 g/mol. The Labute approximate surface area is 273 Å². The van der Waals surface area contributed by atoms with E-state index in [0.29, 0.717) is 18.4 Å². The van der Waals surface area contributed by atoms with Crippen molar-refractivity contribution >= 4 is 5.97 Å². The van der Waals surface area contributed by atoms with Crippen molar-refractivity contribution in [2.75, 3.05) is 0 Å². The summed E-state index contributed by atoms with van der Waals surface area (Å²) in [6.07, 6.45) is 21.9. The fourth-order valence-electron chi connectivity index (χ4n) is 7.31. The Balaban J connectivity index is 1.14. The van der Waals surface area contributed by atoms with Crippen molar-refractivity contribution < 1.29 is 39.4 Å². The lowest BCUT2D eigenvalue weighted by molar-refractivity contribution is -0.139. The number of unbranched alkanes of at least 4 members (excludes halogenated alkanes) is 10. The summed E-state index contributed by atoms with van der Waals surface area (Å²) in [5.41, 5.74) is 0.610. The lowest BCUT2D eigenvalue weighted by Gasteiger charge is -2.24. The van der Waals surface area contributed by atoms with Crippen LogP contribution >= 0.6 is 0 Å². The van der Waals surface area contributed by atoms with Gasteiger partial charge in [0.2, 0.25) is 0 Å². The molecule has 4 N–H and O–H groups in total. The number of carbonyl (C=O) groups is 1. The minimum atomic E-state index is -0.490. The van der Waals surface area contributed by atoms with E-state index in [9.17, 15) is 25.2 Å². The third-order valence-corrected chi connectivity index (χ3v) is 10.1. The molecule has 9 atom stereocenters. The first kappa shape index (κ1) is 38.4. The second-order valence-electron chi connectivity index (χ2n) is 14.2. The fraction of sp³-hybridized carbons (Fsp3) is 0.919. The van der Waals surface area contributed by atoms with E-state index in [1.165, 1.54) is 38.5 Å². The van der Waals surface area contributed by atoms with E-state index in [4.69, 9.17) is 14.2 Å². The van der Waals surface area contributed by atoms with Crippen molar-refractivity contribution in [1.82, 2.24) is 0 Å². The topological polar surface area (TPSA) is 126 Å². The molecular formula is C37H66O8. The zero-order valence-electron chi connectivity index (χ0n) is 28.5. The number of ether oxygens (including phenoxy) is 3. The van der Waals surface area contributed by atoms with Gasteiger partial charge in [-0.1, -0.05) is 84.0 Å². The first-order valence-corrected chi connectivity index (χ1v) is 18.7. The van der Waals surface area contributed by atoms with Crippen molar-refractivity contribution in [3.8, 4) is 0 Å². The zero-order valence-corrected chi connectivity index (χ0v) is 28.5. The third-order valence-electron chi connectivity index (χ3n) is 10.1. The van der Waals surface area contributed by atoms with Crippen LogP contribution in [-0.4, -0.2) is 81.3 Å². The van der Waals surface area contributed by atoms with Gasteiger partial charge in [-0.3, -0.25) is 0 Å². The van der Waals surface area contributed by atoms with E-state index in [-0.39, 0.29) is 42.6 Å². The van der Waals surface area contributed by atoms with Gasteiger partial charge < -0.3 is 34.6 Å². The van der Waals surface area contributed by atoms with Gasteiger partial charge >= 0.3 is 5.97 Å². The van der Waals surface area contributed by atoms with Gasteiger partial charge in [-0.2, -0.15) is 0 Å². The van der Waals surface area contributed by atoms with Crippen LogP contribution in [0.3, 0.4) is 0 Å². The number of hydrogen-bond donors (Lipinski definition) is 4. The van der Waals surface area contributed by atoms with Crippen molar-refractivity contribution in [1.29, 1.82) is 0 Å². The molecule has 3 aliphatic rings. The van der Waals surface area contributed by atoms with Gasteiger partial charge in [0.05, 0.1) is 48.8 Å². The number of esters is 1. The number of rotatable bonds is 25. The van der Waals surface area contributed by atoms with Crippen LogP contribution in [-0.2, 0) is 19.0 Å². The maximum Gasteiger partial charge on any atom is 0.334 e. The zero-order chi connectivity index (χ0) is 32.4. The largest absolute Gasteiger partial charge is 0.455 e. The molecule has 45 heavy (non-hydrogen) atoms. The van der Waals surface area contributed by atoms with Gasteiger partial charge in [-0.15, -0.1) is 0 Å². The minimum Gasteiger partial charge on any atom is -0.455 e. The van der Waals surface area contributed by atoms with Crippen LogP contribution < -0.4 is 0 Å². The van der Waals surface area contributed by atoms with Crippen LogP contribution in [0.5, 0.6) is 0 Å². The molecule has 262 valence electrons. The molecule has 0 aromatic rings. The summed E-state index contributed by atoms with van der Waals surface area (Å²) in [5, 5.41) is 41.9. The molecule has 0 aromatic carbocycles. The Morgan fingerprint density at radius 2 is 1.11 bits per heavy atom. The molecule has 3 rings (SSSR count). The molecule has 9 unspecified atom stereocenters. The molecule has 8 heteroatoms. The first-order valence-electron chi connectivity index (χ1n) is 18.7. The van der Waals surface area contributed by atoms with Crippen LogP contribution in [0.25, 0.3) is 0 Å². The highest BCUT2D eigenvalue weighted by atomic mass is 16.6. The number of cyclic esters (lactones) is 1. The lowest BCUT2D eigenvalue weighted by atomic mass is 9.99. The van der Waals surface area contributed by atoms with E-state index in [2.05, 4.69) is 6.92 Å². The molecular weight excluding hydrogens is 572 g/mol. The van der Waals surface area contributed by atoms with Gasteiger partial charge in [-0.05, 0) is 77.2 Å². The van der Waals surface area contributed by atoms with E-state index < -0.39 is 18.3 Å². The summed E-state index contributed by atoms with van der Waals surface area (Å²) in [7, 11) is 0. The molecule has 0 aromatic heterocycles. The monoisotopic (exact) mass is 638 g/mol. The number of carbonyl (C=O) groups excluding carboxylic acids is 1. The number of aliphatic hydroxyl groups is 4. The highest BCUT2D eigenvalue weighted by molar-refractivity contribution is 5.90. The first-order chi connectivity index (χ1) is 21.8. The molecule has 0 bridgehead atoms. The highest BCUT2D eigenvalue weighted by Crippen LogP contribution is 2.34. The van der Waals surface area contributed by atoms with Crippen LogP contribution in [0.15, 0.2) is 11.6 Å². The highest BCUT2D eigenvalue weighted by Gasteiger charge is 2.40. The Morgan fingerprint density at radius 3 is 1.64 bits per heavy atom. The molecule has 0 saturated carbocycles. The van der Waals surface area contributed by atoms with Gasteiger partial charge in [0.25, 0.3) is 0 Å². The SMILES string of the molecule is CCCCCCC(O)CCCC(O)C1CCC(C2CCC(C(O)CCCCCCCCCCC(O)CC3=CC(C)OC3=O)O2)O1. The van der Waals surface area contributed by atoms with Crippen LogP contribution in [0.1, 0.15) is 162 Å². The van der Waals surface area contributed by atoms with Crippen LogP contribution in [0.2, 0.25) is 0 Å². The van der Waals surface area contributed by atoms with Crippen LogP contribution in [0.4, 0.5) is 0 Å². The average Bonchev–Trinajstić information content (AvgIpc) is 3.76. The van der Waals surface area contributed by atoms with Gasteiger partial charge in [0.15, 0.2) is 0 Å². The third kappa shape index (κ3) is 14.7. The predicted molar refractivity (Wildman–Crippen MR) is 177 cm³/mol. The van der Waals surface area contributed by atoms with Crippen molar-refractivity contribution in [2.24, 2.45) is 0 Å². The maximum absolute atomic E-state index is 11.7. The van der Waals surface area contributed by atoms with Gasteiger partial charge in [0.1, 0.15) is 6.10 Å². The standard InChI is InChI=1S/C37H66O8/c1-3-4-5-12-16-29(38)18-15-20-32(41)34-22-24-36(45-34)35-23-21-33(44-35)31(40)19-14-11-9-7-6-8-10-13-17-30(39)26-28-25-27(2)43-37(28)42/h25,27,29-36,38-41H,3-24,26H2,1-2H3. The van der Waals surface area contributed by atoms with E-state index in [1.807, 2.05) is 13.0 Å². The molecule has 8 nitrogen and oxygen atoms in total. The molecule has 3 aliphatic heterocycles. The second kappa shape index (κ2) is 21.8. The predicted octanol–water partition coefficient (Wildman–Crippen LogP) is 6.83. The van der Waals surface area contributed by atoms with E-state index >= 15 is 0 Å². The quantitative estimate of drug-likeness (QED) is 0.0634. The molecule has 2 fully saturated rings. The molecule has 0 radical (unpaired) electrons. The van der Waals surface area contributed by atoms with Crippen LogP contribution in [0, 0.1) is 0 Å². The Morgan fingerprint density at radius 1 is 0.644 bits per heavy atom. The molecule has 3 heterocycles. The minimum absolute atomic E-state index is 0.00146. The lowest BCUT2D eigenvalue weighted by Crippen LogP contribution is -2.33. The summed E-state index contributed by atoms with van der Waals surface area (Å²) in [6.45, 7) is 4.03. The Bertz CT molecular complexity index is 833. The summed E-state index contributed by atoms with van der Waals surface area (Å²) in [6, 6.07) is 0. The molecule has 0 amide bonds. The molecule has 2 saturated heterocycles. The van der Waals surface area contributed by atoms with Crippen molar-refractivity contribution in [2.45, 2.75) is 216 Å². The Hall–Kier alpha value is -1.03. The van der Waals surface area contributed by atoms with E-state index in [1.54, 1.807) is 0 Å². The van der Waals surface area contributed by atoms with Crippen molar-refractivity contribution in [3.05, 3.63) is 11.6 Å². The van der Waals surface area contributed by atoms with E-state index in [0.717, 1.165) is 96.3 Å². The normalized spacial score (nSPS) is 27.8. The summed E-state index contributed by atoms with van der Waals surface area (Å²) >= 11 is 0. The summed E-state index contributed by atoms with van der Waals surface area (Å²) in [4.78, 5) is 11.7. The summed E-state index contributed by atoms with van der Waals surface area (Å²) in [5.74, 6) is -0.286. The maximum atomic E-state index is 11.7. The fourth-order valence-corrected chi connectivity index (χ4v) is 7.31. The Kier molecular flexibility index (Phi) is 18.6.